The van der Waals surface area contributed by atoms with Crippen LogP contribution in [0, 0.1) is 6.92 Å². The number of nitrogens with zero attached hydrogens (tertiary/aromatic N) is 3. The molecule has 0 atom stereocenters. The third-order valence-electron chi connectivity index (χ3n) is 2.69. The molecule has 7 heteroatoms. The number of aryl methyl sites for hydroxylation is 1. The van der Waals surface area contributed by atoms with Crippen molar-refractivity contribution in [1.29, 1.82) is 0 Å². The number of anilines is 1. The van der Waals surface area contributed by atoms with E-state index in [-0.39, 0.29) is 22.9 Å². The zero-order valence-corrected chi connectivity index (χ0v) is 12.8. The van der Waals surface area contributed by atoms with Gasteiger partial charge in [0.1, 0.15) is 12.4 Å². The Morgan fingerprint density at radius 3 is 2.70 bits per heavy atom. The lowest BCUT2D eigenvalue weighted by atomic mass is 10.1. The van der Waals surface area contributed by atoms with Crippen molar-refractivity contribution >= 4 is 23.1 Å². The van der Waals surface area contributed by atoms with E-state index in [0.29, 0.717) is 5.82 Å². The highest BCUT2D eigenvalue weighted by molar-refractivity contribution is 7.07. The zero-order valence-electron chi connectivity index (χ0n) is 12.0. The van der Waals surface area contributed by atoms with E-state index >= 15 is 0 Å². The maximum atomic E-state index is 12.0. The Bertz CT molecular complexity index is 675. The normalized spacial score (nSPS) is 11.6. The van der Waals surface area contributed by atoms with Crippen LogP contribution in [0.15, 0.2) is 22.4 Å². The number of carbonyl (C=O) groups excluding carboxylic acids is 1. The van der Waals surface area contributed by atoms with Gasteiger partial charge in [-0.3, -0.25) is 14.2 Å². The van der Waals surface area contributed by atoms with Crippen LogP contribution in [0.1, 0.15) is 26.5 Å². The molecule has 1 amide bonds. The molecule has 0 spiro atoms. The summed E-state index contributed by atoms with van der Waals surface area (Å²) in [6.45, 7) is 7.92. The van der Waals surface area contributed by atoms with E-state index in [4.69, 9.17) is 0 Å². The number of nitrogens with one attached hydrogen (secondary N) is 1. The van der Waals surface area contributed by atoms with Crippen LogP contribution in [0.3, 0.4) is 0 Å². The fourth-order valence-electron chi connectivity index (χ4n) is 1.84. The van der Waals surface area contributed by atoms with Gasteiger partial charge in [0.05, 0.1) is 11.2 Å². The molecule has 6 nitrogen and oxygen atoms in total. The van der Waals surface area contributed by atoms with E-state index < -0.39 is 0 Å². The third kappa shape index (κ3) is 3.16. The number of hydrogen-bond donors (Lipinski definition) is 1. The molecule has 2 aromatic heterocycles. The number of aromatic nitrogens is 3. The molecule has 0 bridgehead atoms. The summed E-state index contributed by atoms with van der Waals surface area (Å²) < 4.78 is 3.15. The molecule has 2 rings (SSSR count). The molecule has 0 aliphatic rings. The van der Waals surface area contributed by atoms with Crippen LogP contribution in [0.5, 0.6) is 0 Å². The number of carbonyl (C=O) groups is 1. The summed E-state index contributed by atoms with van der Waals surface area (Å²) in [7, 11) is 0. The van der Waals surface area contributed by atoms with Crippen molar-refractivity contribution in [2.24, 2.45) is 0 Å². The first-order valence-electron chi connectivity index (χ1n) is 6.28. The van der Waals surface area contributed by atoms with Gasteiger partial charge in [-0.05, 0) is 27.7 Å². The van der Waals surface area contributed by atoms with Gasteiger partial charge in [-0.15, -0.1) is 0 Å². The molecule has 1 N–H and O–H groups in total. The lowest BCUT2D eigenvalue weighted by Gasteiger charge is -2.22. The molecule has 0 fully saturated rings. The van der Waals surface area contributed by atoms with E-state index in [1.54, 1.807) is 16.3 Å². The van der Waals surface area contributed by atoms with Crippen LogP contribution in [-0.4, -0.2) is 20.3 Å². The first kappa shape index (κ1) is 14.5. The molecule has 2 aromatic rings. The van der Waals surface area contributed by atoms with Crippen LogP contribution in [0.25, 0.3) is 0 Å². The smallest absolute Gasteiger partial charge is 0.307 e. The second-order valence-corrected chi connectivity index (χ2v) is 6.46. The summed E-state index contributed by atoms with van der Waals surface area (Å²) in [5, 5.41) is 8.86. The summed E-state index contributed by atoms with van der Waals surface area (Å²) in [4.78, 5) is 23.3. The van der Waals surface area contributed by atoms with Gasteiger partial charge in [-0.25, -0.2) is 4.68 Å². The number of amides is 1. The average Bonchev–Trinajstić information content (AvgIpc) is 2.85. The Morgan fingerprint density at radius 2 is 2.15 bits per heavy atom. The lowest BCUT2D eigenvalue weighted by molar-refractivity contribution is -0.116. The molecule has 0 saturated carbocycles. The Labute approximate surface area is 121 Å². The quantitative estimate of drug-likeness (QED) is 0.938. The Balaban J connectivity index is 2.16. The highest BCUT2D eigenvalue weighted by Gasteiger charge is 2.20. The van der Waals surface area contributed by atoms with Gasteiger partial charge in [0.15, 0.2) is 0 Å². The molecule has 20 heavy (non-hydrogen) atoms. The van der Waals surface area contributed by atoms with Crippen molar-refractivity contribution in [3.63, 3.8) is 0 Å². The summed E-state index contributed by atoms with van der Waals surface area (Å²) >= 11 is 1.07. The molecule has 0 aliphatic heterocycles. The van der Waals surface area contributed by atoms with Gasteiger partial charge in [-0.2, -0.15) is 5.10 Å². The highest BCUT2D eigenvalue weighted by Crippen LogP contribution is 2.21. The van der Waals surface area contributed by atoms with Gasteiger partial charge >= 0.3 is 4.87 Å². The number of thiazole rings is 1. The molecule has 0 radical (unpaired) electrons. The van der Waals surface area contributed by atoms with Crippen molar-refractivity contribution in [1.82, 2.24) is 14.3 Å². The molecule has 0 unspecified atom stereocenters. The molecular formula is C13H18N4O2S. The Kier molecular flexibility index (Phi) is 3.80. The molecule has 0 aliphatic carbocycles. The summed E-state index contributed by atoms with van der Waals surface area (Å²) in [6, 6.07) is 1.82. The van der Waals surface area contributed by atoms with Crippen LogP contribution >= 0.6 is 11.3 Å². The standard InChI is InChI=1S/C13H18N4O2S/c1-9-7-10(17(15-9)13(2,3)4)14-11(18)8-16-5-6-20-12(16)19/h5-7H,8H2,1-4H3,(H,14,18). The second kappa shape index (κ2) is 5.24. The minimum atomic E-state index is -0.240. The lowest BCUT2D eigenvalue weighted by Crippen LogP contribution is -2.29. The largest absolute Gasteiger partial charge is 0.309 e. The topological polar surface area (TPSA) is 68.9 Å². The molecule has 0 saturated heterocycles. The summed E-state index contributed by atoms with van der Waals surface area (Å²) in [5.74, 6) is 0.402. The van der Waals surface area contributed by atoms with Gasteiger partial charge < -0.3 is 5.32 Å². The minimum Gasteiger partial charge on any atom is -0.309 e. The summed E-state index contributed by atoms with van der Waals surface area (Å²) in [6.07, 6.45) is 1.61. The number of hydrogen-bond acceptors (Lipinski definition) is 4. The van der Waals surface area contributed by atoms with Crippen molar-refractivity contribution in [2.75, 3.05) is 5.32 Å². The number of rotatable bonds is 3. The Hall–Kier alpha value is -1.89. The van der Waals surface area contributed by atoms with Crippen LogP contribution < -0.4 is 10.2 Å². The maximum Gasteiger partial charge on any atom is 0.307 e. The molecular weight excluding hydrogens is 276 g/mol. The van der Waals surface area contributed by atoms with Gasteiger partial charge in [0.25, 0.3) is 0 Å². The first-order chi connectivity index (χ1) is 9.27. The minimum absolute atomic E-state index is 0.0106. The Morgan fingerprint density at radius 1 is 1.45 bits per heavy atom. The predicted molar refractivity (Wildman–Crippen MR) is 79.2 cm³/mol. The monoisotopic (exact) mass is 294 g/mol. The fourth-order valence-corrected chi connectivity index (χ4v) is 2.43. The van der Waals surface area contributed by atoms with Crippen LogP contribution in [0.4, 0.5) is 5.82 Å². The van der Waals surface area contributed by atoms with Gasteiger partial charge in [0, 0.05) is 17.6 Å². The van der Waals surface area contributed by atoms with Crippen molar-refractivity contribution in [3.05, 3.63) is 33.0 Å². The van der Waals surface area contributed by atoms with Crippen LogP contribution in [0.2, 0.25) is 0 Å². The van der Waals surface area contributed by atoms with E-state index in [9.17, 15) is 9.59 Å². The maximum absolute atomic E-state index is 12.0. The van der Waals surface area contributed by atoms with Gasteiger partial charge in [-0.1, -0.05) is 11.3 Å². The van der Waals surface area contributed by atoms with Crippen molar-refractivity contribution in [3.8, 4) is 0 Å². The first-order valence-corrected chi connectivity index (χ1v) is 7.16. The SMILES string of the molecule is Cc1cc(NC(=O)Cn2ccsc2=O)n(C(C)(C)C)n1. The van der Waals surface area contributed by atoms with Crippen LogP contribution in [-0.2, 0) is 16.9 Å². The average molecular weight is 294 g/mol. The zero-order chi connectivity index (χ0) is 14.9. The van der Waals surface area contributed by atoms with E-state index in [1.165, 1.54) is 4.57 Å². The molecule has 0 aromatic carbocycles. The molecule has 2 heterocycles. The van der Waals surface area contributed by atoms with Crippen molar-refractivity contribution < 1.29 is 4.79 Å². The van der Waals surface area contributed by atoms with E-state index in [0.717, 1.165) is 17.0 Å². The third-order valence-corrected chi connectivity index (χ3v) is 3.39. The summed E-state index contributed by atoms with van der Waals surface area (Å²) in [5.41, 5.74) is 0.610. The van der Waals surface area contributed by atoms with E-state index in [2.05, 4.69) is 10.4 Å². The molecule has 108 valence electrons. The second-order valence-electron chi connectivity index (χ2n) is 5.60. The highest BCUT2D eigenvalue weighted by atomic mass is 32.1. The van der Waals surface area contributed by atoms with Crippen molar-refractivity contribution in [2.45, 2.75) is 39.8 Å². The van der Waals surface area contributed by atoms with Gasteiger partial charge in [0.2, 0.25) is 5.91 Å². The fraction of sp³-hybridized carbons (Fsp3) is 0.462. The van der Waals surface area contributed by atoms with E-state index in [1.807, 2.05) is 33.8 Å². The predicted octanol–water partition coefficient (Wildman–Crippen LogP) is 1.81.